The first-order valence-electron chi connectivity index (χ1n) is 23.8. The second-order valence-electron chi connectivity index (χ2n) is 18.0. The van der Waals surface area contributed by atoms with Crippen LogP contribution in [0.3, 0.4) is 0 Å². The molecule has 0 aliphatic carbocycles. The maximum absolute atomic E-state index is 2.44. The minimum atomic E-state index is 1.08. The molecule has 0 amide bonds. The van der Waals surface area contributed by atoms with E-state index in [0.29, 0.717) is 0 Å². The Morgan fingerprint density at radius 3 is 1.41 bits per heavy atom. The topological polar surface area (TPSA) is 8.17 Å². The van der Waals surface area contributed by atoms with Crippen LogP contribution in [-0.4, -0.2) is 4.57 Å². The largest absolute Gasteiger partial charge is 0.310 e. The molecule has 0 radical (unpaired) electrons. The Hall–Kier alpha value is -8.54. The van der Waals surface area contributed by atoms with Gasteiger partial charge in [0.05, 0.1) is 11.0 Å². The predicted octanol–water partition coefficient (Wildman–Crippen LogP) is 19.7. The number of hydrogen-bond donors (Lipinski definition) is 0. The van der Waals surface area contributed by atoms with E-state index >= 15 is 0 Å². The highest BCUT2D eigenvalue weighted by molar-refractivity contribution is 7.26. The van der Waals surface area contributed by atoms with Crippen molar-refractivity contribution in [3.63, 3.8) is 0 Å². The van der Waals surface area contributed by atoms with Gasteiger partial charge < -0.3 is 9.47 Å². The first-order valence-corrected chi connectivity index (χ1v) is 25.4. The molecule has 3 aromatic heterocycles. The monoisotopic (exact) mass is 926 g/mol. The molecule has 4 heteroatoms. The first kappa shape index (κ1) is 40.5. The molecule has 0 fully saturated rings. The zero-order valence-electron chi connectivity index (χ0n) is 38.0. The molecule has 0 saturated carbocycles. The van der Waals surface area contributed by atoms with E-state index in [0.717, 1.165) is 28.3 Å². The summed E-state index contributed by atoms with van der Waals surface area (Å²) in [6.07, 6.45) is 0. The van der Waals surface area contributed by atoms with E-state index in [-0.39, 0.29) is 0 Å². The molecule has 328 valence electrons. The number of aromatic nitrogens is 1. The number of fused-ring (bicyclic) bond motifs is 9. The molecule has 0 spiro atoms. The van der Waals surface area contributed by atoms with E-state index in [1.165, 1.54) is 101 Å². The molecule has 14 aromatic rings. The Balaban J connectivity index is 0.938. The number of thiophene rings is 2. The zero-order valence-corrected chi connectivity index (χ0v) is 39.6. The van der Waals surface area contributed by atoms with Crippen molar-refractivity contribution in [2.75, 3.05) is 4.90 Å². The number of para-hydroxylation sites is 2. The summed E-state index contributed by atoms with van der Waals surface area (Å²) >= 11 is 3.76. The van der Waals surface area contributed by atoms with E-state index in [1.54, 1.807) is 0 Å². The fourth-order valence-corrected chi connectivity index (χ4v) is 13.2. The van der Waals surface area contributed by atoms with Gasteiger partial charge in [0.2, 0.25) is 0 Å². The summed E-state index contributed by atoms with van der Waals surface area (Å²) in [5.41, 5.74) is 16.4. The minimum absolute atomic E-state index is 1.08. The van der Waals surface area contributed by atoms with Gasteiger partial charge in [-0.25, -0.2) is 0 Å². The molecule has 11 aromatic carbocycles. The Kier molecular flexibility index (Phi) is 9.61. The van der Waals surface area contributed by atoms with Crippen LogP contribution in [0.1, 0.15) is 0 Å². The SMILES string of the molecule is c1ccc(-c2cc(-c3cccc4c3sc3ccccc34)cc(N(c3ccc(-c4ccc5c6ccccc6n(-c6ccccc6)c5c4)cc3)c3ccc(-c4cccc5c4sc4ccccc45)cc3)c2)cc1. The van der Waals surface area contributed by atoms with Crippen molar-refractivity contribution in [3.8, 4) is 50.2 Å². The smallest absolute Gasteiger partial charge is 0.0547 e. The molecule has 0 bridgehead atoms. The van der Waals surface area contributed by atoms with Crippen molar-refractivity contribution >= 4 is 102 Å². The lowest BCUT2D eigenvalue weighted by molar-refractivity contribution is 1.18. The number of hydrogen-bond acceptors (Lipinski definition) is 3. The van der Waals surface area contributed by atoms with Gasteiger partial charge in [-0.05, 0) is 123 Å². The minimum Gasteiger partial charge on any atom is -0.310 e. The van der Waals surface area contributed by atoms with E-state index in [1.807, 2.05) is 22.7 Å². The fraction of sp³-hybridized carbons (Fsp3) is 0. The van der Waals surface area contributed by atoms with E-state index in [2.05, 4.69) is 264 Å². The summed E-state index contributed by atoms with van der Waals surface area (Å²) in [7, 11) is 0. The highest BCUT2D eigenvalue weighted by Gasteiger charge is 2.20. The van der Waals surface area contributed by atoms with Crippen molar-refractivity contribution in [3.05, 3.63) is 255 Å². The van der Waals surface area contributed by atoms with Crippen LogP contribution >= 0.6 is 22.7 Å². The van der Waals surface area contributed by atoms with E-state index < -0.39 is 0 Å². The molecule has 0 aliphatic heterocycles. The third-order valence-electron chi connectivity index (χ3n) is 14.0. The molecule has 2 nitrogen and oxygen atoms in total. The van der Waals surface area contributed by atoms with Crippen molar-refractivity contribution in [1.29, 1.82) is 0 Å². The third-order valence-corrected chi connectivity index (χ3v) is 16.4. The first-order chi connectivity index (χ1) is 34.7. The molecule has 3 heterocycles. The van der Waals surface area contributed by atoms with Gasteiger partial charge in [-0.2, -0.15) is 0 Å². The highest BCUT2D eigenvalue weighted by Crippen LogP contribution is 2.46. The van der Waals surface area contributed by atoms with Gasteiger partial charge in [-0.3, -0.25) is 0 Å². The molecule has 0 aliphatic rings. The molecule has 0 atom stereocenters. The Morgan fingerprint density at radius 1 is 0.271 bits per heavy atom. The van der Waals surface area contributed by atoms with Gasteiger partial charge in [0, 0.05) is 73.9 Å². The number of rotatable bonds is 8. The summed E-state index contributed by atoms with van der Waals surface area (Å²) in [4.78, 5) is 2.44. The summed E-state index contributed by atoms with van der Waals surface area (Å²) < 4.78 is 7.64. The highest BCUT2D eigenvalue weighted by atomic mass is 32.1. The third kappa shape index (κ3) is 6.75. The van der Waals surface area contributed by atoms with Gasteiger partial charge in [0.25, 0.3) is 0 Å². The maximum atomic E-state index is 2.44. The van der Waals surface area contributed by atoms with Crippen LogP contribution in [-0.2, 0) is 0 Å². The van der Waals surface area contributed by atoms with Gasteiger partial charge in [0.1, 0.15) is 0 Å². The van der Waals surface area contributed by atoms with Crippen LogP contribution in [0.5, 0.6) is 0 Å². The van der Waals surface area contributed by atoms with Crippen LogP contribution < -0.4 is 4.90 Å². The Labute approximate surface area is 413 Å². The molecule has 14 rings (SSSR count). The molecule has 0 N–H and O–H groups in total. The second-order valence-corrected chi connectivity index (χ2v) is 20.1. The Bertz CT molecular complexity index is 4280. The van der Waals surface area contributed by atoms with Crippen LogP contribution in [0.25, 0.3) is 112 Å². The Morgan fingerprint density at radius 2 is 0.757 bits per heavy atom. The number of nitrogens with zero attached hydrogens (tertiary/aromatic N) is 2. The van der Waals surface area contributed by atoms with Crippen molar-refractivity contribution in [2.45, 2.75) is 0 Å². The standard InChI is InChI=1S/C66H42N2S2/c1-3-15-43(16-4-1)47-39-48(54-23-14-25-60-58-21-9-12-28-64(58)70-66(54)60)41-52(40-47)67(51-36-31-45(32-37-51)53-22-13-24-59-57-20-8-11-27-63(57)69-65(53)59)50-34-29-44(30-35-50)46-33-38-56-55-19-7-10-26-61(55)68(62(56)42-46)49-17-5-2-6-18-49/h1-42H. The lowest BCUT2D eigenvalue weighted by Gasteiger charge is -2.27. The molecule has 0 unspecified atom stereocenters. The van der Waals surface area contributed by atoms with Gasteiger partial charge in [0.15, 0.2) is 0 Å². The lowest BCUT2D eigenvalue weighted by atomic mass is 9.96. The summed E-state index contributed by atoms with van der Waals surface area (Å²) in [5.74, 6) is 0. The lowest BCUT2D eigenvalue weighted by Crippen LogP contribution is -2.10. The number of benzene rings is 11. The molecule has 0 saturated heterocycles. The van der Waals surface area contributed by atoms with Crippen molar-refractivity contribution < 1.29 is 0 Å². The van der Waals surface area contributed by atoms with Gasteiger partial charge in [-0.15, -0.1) is 22.7 Å². The van der Waals surface area contributed by atoms with E-state index in [4.69, 9.17) is 0 Å². The van der Waals surface area contributed by atoms with Gasteiger partial charge >= 0.3 is 0 Å². The number of anilines is 3. The summed E-state index contributed by atoms with van der Waals surface area (Å²) in [6, 6.07) is 93.7. The van der Waals surface area contributed by atoms with Crippen LogP contribution in [0, 0.1) is 0 Å². The summed E-state index contributed by atoms with van der Waals surface area (Å²) in [5, 5.41) is 7.73. The average molecular weight is 927 g/mol. The fourth-order valence-electron chi connectivity index (χ4n) is 10.7. The quantitative estimate of drug-likeness (QED) is 0.147. The molecule has 70 heavy (non-hydrogen) atoms. The molecular weight excluding hydrogens is 885 g/mol. The van der Waals surface area contributed by atoms with Crippen molar-refractivity contribution in [1.82, 2.24) is 4.57 Å². The second kappa shape index (κ2) is 16.6. The average Bonchev–Trinajstić information content (AvgIpc) is 4.11. The summed E-state index contributed by atoms with van der Waals surface area (Å²) in [6.45, 7) is 0. The van der Waals surface area contributed by atoms with E-state index in [9.17, 15) is 0 Å². The van der Waals surface area contributed by atoms with Crippen LogP contribution in [0.2, 0.25) is 0 Å². The predicted molar refractivity (Wildman–Crippen MR) is 303 cm³/mol. The van der Waals surface area contributed by atoms with Crippen LogP contribution in [0.15, 0.2) is 255 Å². The normalized spacial score (nSPS) is 11.7. The van der Waals surface area contributed by atoms with Crippen molar-refractivity contribution in [2.24, 2.45) is 0 Å². The maximum Gasteiger partial charge on any atom is 0.0547 e. The molecular formula is C66H42N2S2. The van der Waals surface area contributed by atoms with Gasteiger partial charge in [-0.1, -0.05) is 176 Å². The zero-order chi connectivity index (χ0) is 46.1. The van der Waals surface area contributed by atoms with Crippen LogP contribution in [0.4, 0.5) is 17.1 Å².